The Morgan fingerprint density at radius 3 is 2.41 bits per heavy atom. The van der Waals surface area contributed by atoms with Crippen LogP contribution < -0.4 is 10.6 Å². The van der Waals surface area contributed by atoms with Crippen LogP contribution in [0.4, 0.5) is 4.39 Å². The number of amides is 2. The first kappa shape index (κ1) is 20.8. The predicted molar refractivity (Wildman–Crippen MR) is 79.3 cm³/mol. The molecule has 1 unspecified atom stereocenters. The number of halogens is 1. The van der Waals surface area contributed by atoms with Crippen LogP contribution in [-0.4, -0.2) is 71.2 Å². The molecule has 0 fully saturated rings. The van der Waals surface area contributed by atoms with E-state index in [1.165, 1.54) is 7.11 Å². The van der Waals surface area contributed by atoms with E-state index >= 15 is 0 Å². The summed E-state index contributed by atoms with van der Waals surface area (Å²) in [6.07, 6.45) is -1.24. The summed E-state index contributed by atoms with van der Waals surface area (Å²) in [6.45, 7) is 4.67. The molecule has 0 aliphatic carbocycles. The molecule has 7 nitrogen and oxygen atoms in total. The molecule has 130 valence electrons. The number of carbonyl (C=O) groups is 2. The average Bonchev–Trinajstić information content (AvgIpc) is 2.47. The van der Waals surface area contributed by atoms with Gasteiger partial charge in [0.15, 0.2) is 0 Å². The second kappa shape index (κ2) is 13.4. The van der Waals surface area contributed by atoms with Crippen LogP contribution in [0.2, 0.25) is 0 Å². The molecule has 0 aromatic carbocycles. The van der Waals surface area contributed by atoms with E-state index in [1.54, 1.807) is 13.8 Å². The summed E-state index contributed by atoms with van der Waals surface area (Å²) >= 11 is 0. The van der Waals surface area contributed by atoms with Crippen LogP contribution >= 0.6 is 0 Å². The summed E-state index contributed by atoms with van der Waals surface area (Å²) in [5, 5.41) is 5.10. The van der Waals surface area contributed by atoms with Crippen molar-refractivity contribution >= 4 is 11.8 Å². The maximum atomic E-state index is 13.4. The highest BCUT2D eigenvalue weighted by atomic mass is 19.1. The van der Waals surface area contributed by atoms with E-state index in [2.05, 4.69) is 15.4 Å². The summed E-state index contributed by atoms with van der Waals surface area (Å²) in [6, 6.07) is 0. The van der Waals surface area contributed by atoms with Crippen molar-refractivity contribution in [2.75, 3.05) is 53.2 Å². The molecule has 8 heteroatoms. The van der Waals surface area contributed by atoms with Gasteiger partial charge in [-0.05, 0) is 0 Å². The van der Waals surface area contributed by atoms with E-state index in [9.17, 15) is 14.0 Å². The molecule has 0 aliphatic rings. The third kappa shape index (κ3) is 12.5. The molecule has 0 spiro atoms. The van der Waals surface area contributed by atoms with Gasteiger partial charge in [-0.2, -0.15) is 0 Å². The van der Waals surface area contributed by atoms with Crippen molar-refractivity contribution < 1.29 is 28.2 Å². The van der Waals surface area contributed by atoms with Crippen LogP contribution in [0.25, 0.3) is 0 Å². The minimum absolute atomic E-state index is 0.0222. The molecule has 0 radical (unpaired) electrons. The Morgan fingerprint density at radius 2 is 1.77 bits per heavy atom. The van der Waals surface area contributed by atoms with E-state index in [1.807, 2.05) is 0 Å². The molecule has 1 atom stereocenters. The van der Waals surface area contributed by atoms with Crippen molar-refractivity contribution in [3.63, 3.8) is 0 Å². The zero-order valence-corrected chi connectivity index (χ0v) is 13.5. The summed E-state index contributed by atoms with van der Waals surface area (Å²) in [5.74, 6) is -0.543. The fourth-order valence-electron chi connectivity index (χ4n) is 1.35. The van der Waals surface area contributed by atoms with Crippen LogP contribution in [0, 0.1) is 5.92 Å². The Balaban J connectivity index is 3.35. The maximum Gasteiger partial charge on any atom is 0.246 e. The third-order valence-electron chi connectivity index (χ3n) is 2.54. The number of ether oxygens (including phenoxy) is 3. The van der Waals surface area contributed by atoms with Gasteiger partial charge in [0.05, 0.1) is 33.0 Å². The Bertz CT molecular complexity index is 316. The normalized spacial score (nSPS) is 12.2. The molecule has 0 saturated carbocycles. The van der Waals surface area contributed by atoms with E-state index in [4.69, 9.17) is 9.47 Å². The molecule has 0 aliphatic heterocycles. The van der Waals surface area contributed by atoms with Gasteiger partial charge in [-0.1, -0.05) is 13.8 Å². The number of hydrogen-bond donors (Lipinski definition) is 2. The third-order valence-corrected chi connectivity index (χ3v) is 2.54. The minimum Gasteiger partial charge on any atom is -0.377 e. The SMILES string of the molecule is COCC(=O)NCCOCCOCC(F)CNC(=O)C(C)C. The first-order chi connectivity index (χ1) is 10.5. The van der Waals surface area contributed by atoms with E-state index < -0.39 is 6.17 Å². The zero-order valence-electron chi connectivity index (χ0n) is 13.5. The van der Waals surface area contributed by atoms with Crippen LogP contribution in [0.5, 0.6) is 0 Å². The fraction of sp³-hybridized carbons (Fsp3) is 0.857. The van der Waals surface area contributed by atoms with Gasteiger partial charge in [-0.15, -0.1) is 0 Å². The van der Waals surface area contributed by atoms with Gasteiger partial charge < -0.3 is 24.8 Å². The van der Waals surface area contributed by atoms with Crippen molar-refractivity contribution in [2.24, 2.45) is 5.92 Å². The van der Waals surface area contributed by atoms with Crippen LogP contribution in [0.3, 0.4) is 0 Å². The Kier molecular flexibility index (Phi) is 12.7. The maximum absolute atomic E-state index is 13.4. The molecule has 22 heavy (non-hydrogen) atoms. The van der Waals surface area contributed by atoms with Crippen molar-refractivity contribution in [3.8, 4) is 0 Å². The number of nitrogens with one attached hydrogen (secondary N) is 2. The summed E-state index contributed by atoms with van der Waals surface area (Å²) < 4.78 is 28.3. The molecule has 0 bridgehead atoms. The largest absolute Gasteiger partial charge is 0.377 e. The van der Waals surface area contributed by atoms with Gasteiger partial charge in [0.2, 0.25) is 11.8 Å². The molecule has 0 heterocycles. The summed E-state index contributed by atoms with van der Waals surface area (Å²) in [4.78, 5) is 22.3. The fourth-order valence-corrected chi connectivity index (χ4v) is 1.35. The molecule has 0 aromatic rings. The lowest BCUT2D eigenvalue weighted by atomic mass is 10.2. The van der Waals surface area contributed by atoms with Crippen molar-refractivity contribution in [3.05, 3.63) is 0 Å². The lowest BCUT2D eigenvalue weighted by molar-refractivity contribution is -0.125. The first-order valence-electron chi connectivity index (χ1n) is 7.30. The zero-order chi connectivity index (χ0) is 16.8. The van der Waals surface area contributed by atoms with Crippen LogP contribution in [0.1, 0.15) is 13.8 Å². The van der Waals surface area contributed by atoms with Crippen LogP contribution in [-0.2, 0) is 23.8 Å². The Hall–Kier alpha value is -1.25. The highest BCUT2D eigenvalue weighted by Crippen LogP contribution is 1.94. The Morgan fingerprint density at radius 1 is 1.09 bits per heavy atom. The van der Waals surface area contributed by atoms with Crippen molar-refractivity contribution in [1.82, 2.24) is 10.6 Å². The van der Waals surface area contributed by atoms with Gasteiger partial charge in [-0.25, -0.2) is 4.39 Å². The summed E-state index contributed by atoms with van der Waals surface area (Å²) in [5.41, 5.74) is 0. The van der Waals surface area contributed by atoms with Gasteiger partial charge in [0.25, 0.3) is 0 Å². The molecule has 0 saturated heterocycles. The lowest BCUT2D eigenvalue weighted by Crippen LogP contribution is -2.35. The molecule has 2 N–H and O–H groups in total. The number of alkyl halides is 1. The van der Waals surface area contributed by atoms with Gasteiger partial charge in [0.1, 0.15) is 12.8 Å². The Labute approximate surface area is 130 Å². The average molecular weight is 322 g/mol. The lowest BCUT2D eigenvalue weighted by Gasteiger charge is -2.12. The monoisotopic (exact) mass is 322 g/mol. The van der Waals surface area contributed by atoms with E-state index in [0.717, 1.165) is 0 Å². The second-order valence-corrected chi connectivity index (χ2v) is 4.97. The van der Waals surface area contributed by atoms with Gasteiger partial charge >= 0.3 is 0 Å². The predicted octanol–water partition coefficient (Wildman–Crippen LogP) is -0.107. The molecular formula is C14H27FN2O5. The van der Waals surface area contributed by atoms with Gasteiger partial charge in [0, 0.05) is 19.6 Å². The second-order valence-electron chi connectivity index (χ2n) is 4.97. The molecular weight excluding hydrogens is 295 g/mol. The number of rotatable bonds is 13. The first-order valence-corrected chi connectivity index (χ1v) is 7.30. The molecule has 0 aromatic heterocycles. The standard InChI is InChI=1S/C14H27FN2O5/c1-11(2)14(19)17-8-12(15)9-22-7-6-21-5-4-16-13(18)10-20-3/h11-12H,4-10H2,1-3H3,(H,16,18)(H,17,19). The van der Waals surface area contributed by atoms with Gasteiger partial charge in [-0.3, -0.25) is 9.59 Å². The number of carbonyl (C=O) groups excluding carboxylic acids is 2. The van der Waals surface area contributed by atoms with Crippen molar-refractivity contribution in [2.45, 2.75) is 20.0 Å². The highest BCUT2D eigenvalue weighted by Gasteiger charge is 2.11. The van der Waals surface area contributed by atoms with E-state index in [0.29, 0.717) is 19.8 Å². The molecule has 0 rings (SSSR count). The topological polar surface area (TPSA) is 85.9 Å². The van der Waals surface area contributed by atoms with E-state index in [-0.39, 0.29) is 44.1 Å². The molecule has 2 amide bonds. The minimum atomic E-state index is -1.24. The smallest absolute Gasteiger partial charge is 0.246 e. The number of methoxy groups -OCH3 is 1. The van der Waals surface area contributed by atoms with Crippen molar-refractivity contribution in [1.29, 1.82) is 0 Å². The summed E-state index contributed by atoms with van der Waals surface area (Å²) in [7, 11) is 1.44. The highest BCUT2D eigenvalue weighted by molar-refractivity contribution is 5.77. The quantitative estimate of drug-likeness (QED) is 0.462. The number of hydrogen-bond acceptors (Lipinski definition) is 5. The van der Waals surface area contributed by atoms with Crippen LogP contribution in [0.15, 0.2) is 0 Å².